The highest BCUT2D eigenvalue weighted by molar-refractivity contribution is 7.90. The van der Waals surface area contributed by atoms with Gasteiger partial charge in [0, 0.05) is 18.4 Å². The first-order valence-corrected chi connectivity index (χ1v) is 10.4. The summed E-state index contributed by atoms with van der Waals surface area (Å²) in [5.41, 5.74) is 1.55. The molecule has 144 valence electrons. The van der Waals surface area contributed by atoms with Crippen molar-refractivity contribution in [3.63, 3.8) is 0 Å². The van der Waals surface area contributed by atoms with Crippen molar-refractivity contribution < 1.29 is 23.1 Å². The minimum Gasteiger partial charge on any atom is -0.480 e. The number of aryl methyl sites for hydroxylation is 1. The maximum absolute atomic E-state index is 13.0. The Labute approximate surface area is 159 Å². The van der Waals surface area contributed by atoms with Crippen LogP contribution in [-0.2, 0) is 27.6 Å². The van der Waals surface area contributed by atoms with E-state index in [2.05, 4.69) is 0 Å². The smallest absolute Gasteiger partial charge is 0.326 e. The zero-order valence-electron chi connectivity index (χ0n) is 15.5. The molecule has 2 aromatic carbocycles. The van der Waals surface area contributed by atoms with E-state index in [1.165, 1.54) is 17.9 Å². The number of amides is 1. The van der Waals surface area contributed by atoms with Crippen molar-refractivity contribution in [3.8, 4) is 0 Å². The summed E-state index contributed by atoms with van der Waals surface area (Å²) >= 11 is 0. The summed E-state index contributed by atoms with van der Waals surface area (Å²) in [5, 5.41) is 9.40. The third-order valence-electron chi connectivity index (χ3n) is 4.38. The lowest BCUT2D eigenvalue weighted by Gasteiger charge is -2.27. The van der Waals surface area contributed by atoms with Gasteiger partial charge in [-0.15, -0.1) is 0 Å². The number of carboxylic acid groups (broad SMARTS) is 1. The van der Waals surface area contributed by atoms with Crippen molar-refractivity contribution in [2.24, 2.45) is 0 Å². The first-order valence-electron chi connectivity index (χ1n) is 8.55. The van der Waals surface area contributed by atoms with Gasteiger partial charge in [0.05, 0.1) is 4.90 Å². The molecule has 2 rings (SSSR count). The van der Waals surface area contributed by atoms with Crippen LogP contribution in [-0.4, -0.2) is 42.6 Å². The van der Waals surface area contributed by atoms with Gasteiger partial charge in [0.2, 0.25) is 0 Å². The Morgan fingerprint density at radius 1 is 1.11 bits per heavy atom. The van der Waals surface area contributed by atoms with E-state index < -0.39 is 27.8 Å². The van der Waals surface area contributed by atoms with E-state index in [4.69, 9.17) is 0 Å². The van der Waals surface area contributed by atoms with Crippen LogP contribution in [0, 0.1) is 0 Å². The molecule has 1 unspecified atom stereocenters. The van der Waals surface area contributed by atoms with Crippen LogP contribution < -0.4 is 0 Å². The summed E-state index contributed by atoms with van der Waals surface area (Å²) in [6.07, 6.45) is 1.60. The molecule has 0 bridgehead atoms. The summed E-state index contributed by atoms with van der Waals surface area (Å²) in [6.45, 7) is 3.37. The highest BCUT2D eigenvalue weighted by Crippen LogP contribution is 2.21. The molecule has 0 saturated heterocycles. The van der Waals surface area contributed by atoms with Crippen LogP contribution in [0.5, 0.6) is 0 Å². The second kappa shape index (κ2) is 8.35. The third kappa shape index (κ3) is 4.95. The number of hydrogen-bond donors (Lipinski definition) is 1. The van der Waals surface area contributed by atoms with E-state index in [1.54, 1.807) is 36.4 Å². The fourth-order valence-electron chi connectivity index (χ4n) is 2.79. The summed E-state index contributed by atoms with van der Waals surface area (Å²) in [6, 6.07) is 12.5. The van der Waals surface area contributed by atoms with Crippen molar-refractivity contribution >= 4 is 21.7 Å². The molecule has 0 aliphatic rings. The van der Waals surface area contributed by atoms with Crippen molar-refractivity contribution in [1.29, 1.82) is 0 Å². The highest BCUT2D eigenvalue weighted by Gasteiger charge is 2.27. The number of benzene rings is 2. The molecule has 0 fully saturated rings. The SMILES string of the molecule is CCc1ccc(C(=O)N(Cc2ccccc2)C(C)C(=O)O)cc1S(C)(=O)=O. The number of hydrogen-bond acceptors (Lipinski definition) is 4. The van der Waals surface area contributed by atoms with Crippen molar-refractivity contribution in [3.05, 3.63) is 65.2 Å². The van der Waals surface area contributed by atoms with Gasteiger partial charge in [-0.05, 0) is 36.6 Å². The van der Waals surface area contributed by atoms with Gasteiger partial charge in [0.25, 0.3) is 5.91 Å². The predicted octanol–water partition coefficient (Wildman–Crippen LogP) is 2.77. The number of rotatable bonds is 7. The molecule has 1 N–H and O–H groups in total. The Morgan fingerprint density at radius 2 is 1.74 bits per heavy atom. The first kappa shape index (κ1) is 20.6. The van der Waals surface area contributed by atoms with E-state index in [-0.39, 0.29) is 17.0 Å². The van der Waals surface area contributed by atoms with Crippen molar-refractivity contribution in [1.82, 2.24) is 4.90 Å². The molecule has 0 aliphatic carbocycles. The second-order valence-corrected chi connectivity index (χ2v) is 8.37. The fraction of sp³-hybridized carbons (Fsp3) is 0.300. The lowest BCUT2D eigenvalue weighted by atomic mass is 10.1. The molecule has 0 radical (unpaired) electrons. The summed E-state index contributed by atoms with van der Waals surface area (Å²) in [5.74, 6) is -1.66. The van der Waals surface area contributed by atoms with E-state index in [0.717, 1.165) is 11.8 Å². The third-order valence-corrected chi connectivity index (χ3v) is 5.55. The van der Waals surface area contributed by atoms with Crippen LogP contribution >= 0.6 is 0 Å². The molecule has 0 heterocycles. The van der Waals surface area contributed by atoms with Gasteiger partial charge >= 0.3 is 5.97 Å². The van der Waals surface area contributed by atoms with E-state index >= 15 is 0 Å². The Balaban J connectivity index is 2.47. The van der Waals surface area contributed by atoms with Gasteiger partial charge in [-0.1, -0.05) is 43.3 Å². The molecule has 27 heavy (non-hydrogen) atoms. The summed E-state index contributed by atoms with van der Waals surface area (Å²) < 4.78 is 24.1. The normalized spacial score (nSPS) is 12.4. The zero-order chi connectivity index (χ0) is 20.2. The van der Waals surface area contributed by atoms with Crippen LogP contribution in [0.2, 0.25) is 0 Å². The van der Waals surface area contributed by atoms with Crippen LogP contribution in [0.4, 0.5) is 0 Å². The Kier molecular flexibility index (Phi) is 6.38. The number of carbonyl (C=O) groups excluding carboxylic acids is 1. The van der Waals surface area contributed by atoms with Crippen molar-refractivity contribution in [2.45, 2.75) is 37.8 Å². The molecule has 6 nitrogen and oxygen atoms in total. The molecule has 0 spiro atoms. The Morgan fingerprint density at radius 3 is 2.26 bits per heavy atom. The molecule has 0 aliphatic heterocycles. The van der Waals surface area contributed by atoms with Crippen LogP contribution in [0.25, 0.3) is 0 Å². The molecule has 2 aromatic rings. The lowest BCUT2D eigenvalue weighted by molar-refractivity contribution is -0.141. The van der Waals surface area contributed by atoms with E-state index in [9.17, 15) is 23.1 Å². The van der Waals surface area contributed by atoms with Gasteiger partial charge in [-0.25, -0.2) is 13.2 Å². The van der Waals surface area contributed by atoms with Gasteiger partial charge in [-0.3, -0.25) is 4.79 Å². The molecule has 7 heteroatoms. The standard InChI is InChI=1S/C20H23NO5S/c1-4-16-10-11-17(12-18(16)27(3,25)26)19(22)21(14(2)20(23)24)13-15-8-6-5-7-9-15/h5-12,14H,4,13H2,1-3H3,(H,23,24). The number of carbonyl (C=O) groups is 2. The minimum absolute atomic E-state index is 0.0958. The molecule has 1 amide bonds. The second-order valence-electron chi connectivity index (χ2n) is 6.38. The zero-order valence-corrected chi connectivity index (χ0v) is 16.4. The Bertz CT molecular complexity index is 938. The average molecular weight is 389 g/mol. The van der Waals surface area contributed by atoms with Crippen LogP contribution in [0.15, 0.2) is 53.4 Å². The molecule has 0 aromatic heterocycles. The fourth-order valence-corrected chi connectivity index (χ4v) is 3.82. The monoisotopic (exact) mass is 389 g/mol. The van der Waals surface area contributed by atoms with E-state index in [1.807, 2.05) is 13.0 Å². The van der Waals surface area contributed by atoms with Crippen LogP contribution in [0.1, 0.15) is 35.3 Å². The predicted molar refractivity (Wildman–Crippen MR) is 102 cm³/mol. The molecule has 0 saturated carbocycles. The molecular formula is C20H23NO5S. The summed E-state index contributed by atoms with van der Waals surface area (Å²) in [7, 11) is -3.51. The quantitative estimate of drug-likeness (QED) is 0.786. The topological polar surface area (TPSA) is 91.8 Å². The first-order chi connectivity index (χ1) is 12.6. The minimum atomic E-state index is -3.51. The van der Waals surface area contributed by atoms with E-state index in [0.29, 0.717) is 12.0 Å². The summed E-state index contributed by atoms with van der Waals surface area (Å²) in [4.78, 5) is 25.9. The maximum atomic E-state index is 13.0. The lowest BCUT2D eigenvalue weighted by Crippen LogP contribution is -2.42. The number of aliphatic carboxylic acids is 1. The molecule has 1 atom stereocenters. The molecular weight excluding hydrogens is 366 g/mol. The highest BCUT2D eigenvalue weighted by atomic mass is 32.2. The van der Waals surface area contributed by atoms with Gasteiger partial charge in [-0.2, -0.15) is 0 Å². The number of nitrogens with zero attached hydrogens (tertiary/aromatic N) is 1. The van der Waals surface area contributed by atoms with Crippen molar-refractivity contribution in [2.75, 3.05) is 6.26 Å². The average Bonchev–Trinajstić information content (AvgIpc) is 2.64. The van der Waals surface area contributed by atoms with Crippen LogP contribution in [0.3, 0.4) is 0 Å². The Hall–Kier alpha value is -2.67. The largest absolute Gasteiger partial charge is 0.480 e. The van der Waals surface area contributed by atoms with Gasteiger partial charge < -0.3 is 10.0 Å². The maximum Gasteiger partial charge on any atom is 0.326 e. The van der Waals surface area contributed by atoms with Gasteiger partial charge in [0.1, 0.15) is 6.04 Å². The van der Waals surface area contributed by atoms with Gasteiger partial charge in [0.15, 0.2) is 9.84 Å². The number of carboxylic acids is 1. The number of sulfone groups is 1.